The highest BCUT2D eigenvalue weighted by Gasteiger charge is 2.29. The van der Waals surface area contributed by atoms with E-state index in [1.54, 1.807) is 37.3 Å². The van der Waals surface area contributed by atoms with Gasteiger partial charge in [0.1, 0.15) is 11.8 Å². The Morgan fingerprint density at radius 3 is 2.58 bits per heavy atom. The van der Waals surface area contributed by atoms with Crippen LogP contribution in [0.2, 0.25) is 0 Å². The predicted molar refractivity (Wildman–Crippen MR) is 112 cm³/mol. The van der Waals surface area contributed by atoms with Crippen LogP contribution < -0.4 is 21.1 Å². The zero-order valence-corrected chi connectivity index (χ0v) is 16.7. The highest BCUT2D eigenvalue weighted by molar-refractivity contribution is 6.38. The van der Waals surface area contributed by atoms with Gasteiger partial charge in [-0.15, -0.1) is 0 Å². The molecule has 2 aromatic carbocycles. The smallest absolute Gasteiger partial charge is 0.287 e. The summed E-state index contributed by atoms with van der Waals surface area (Å²) < 4.78 is 7.38. The number of nitrogens with zero attached hydrogens (tertiary/aromatic N) is 2. The quantitative estimate of drug-likeness (QED) is 0.499. The van der Waals surface area contributed by atoms with Crippen LogP contribution in [0.4, 0.5) is 5.69 Å². The van der Waals surface area contributed by atoms with E-state index in [1.165, 1.54) is 4.68 Å². The van der Waals surface area contributed by atoms with Crippen molar-refractivity contribution >= 4 is 23.3 Å². The van der Waals surface area contributed by atoms with E-state index >= 15 is 0 Å². The third-order valence-electron chi connectivity index (χ3n) is 4.93. The molecule has 1 aromatic heterocycles. The minimum absolute atomic E-state index is 0.0918. The van der Waals surface area contributed by atoms with Crippen molar-refractivity contribution in [2.24, 2.45) is 5.73 Å². The van der Waals surface area contributed by atoms with Crippen molar-refractivity contribution < 1.29 is 19.1 Å². The summed E-state index contributed by atoms with van der Waals surface area (Å²) in [6.07, 6.45) is -0.470. The molecule has 0 fully saturated rings. The first-order valence-electron chi connectivity index (χ1n) is 9.69. The van der Waals surface area contributed by atoms with E-state index in [9.17, 15) is 14.4 Å². The Balaban J connectivity index is 1.51. The topological polar surface area (TPSA) is 128 Å². The largest absolute Gasteiger partial charge is 0.448 e. The van der Waals surface area contributed by atoms with Crippen LogP contribution in [0.25, 0.3) is 0 Å². The van der Waals surface area contributed by atoms with Crippen molar-refractivity contribution in [3.8, 4) is 5.75 Å². The molecule has 2 atom stereocenters. The van der Waals surface area contributed by atoms with Crippen molar-refractivity contribution in [2.45, 2.75) is 25.7 Å². The molecule has 2 unspecified atom stereocenters. The van der Waals surface area contributed by atoms with E-state index in [0.717, 1.165) is 11.3 Å². The number of benzene rings is 2. The molecule has 0 saturated heterocycles. The number of carbonyl (C=O) groups is 3. The fourth-order valence-corrected chi connectivity index (χ4v) is 3.38. The molecule has 0 radical (unpaired) electrons. The van der Waals surface area contributed by atoms with Gasteiger partial charge >= 0.3 is 0 Å². The molecule has 31 heavy (non-hydrogen) atoms. The van der Waals surface area contributed by atoms with Crippen LogP contribution in [0, 0.1) is 6.92 Å². The number of hydrogen-bond donors (Lipinski definition) is 3. The van der Waals surface area contributed by atoms with Gasteiger partial charge in [0.05, 0.1) is 5.69 Å². The molecule has 1 aliphatic rings. The maximum absolute atomic E-state index is 12.8. The van der Waals surface area contributed by atoms with Gasteiger partial charge in [0.15, 0.2) is 5.69 Å². The predicted octanol–water partition coefficient (Wildman–Crippen LogP) is 1.55. The molecule has 4 rings (SSSR count). The number of carbonyl (C=O) groups excluding carboxylic acids is 3. The maximum Gasteiger partial charge on any atom is 0.287 e. The number of hydrogen-bond acceptors (Lipinski definition) is 6. The van der Waals surface area contributed by atoms with Gasteiger partial charge in [0.25, 0.3) is 18.2 Å². The molecule has 3 aromatic rings. The van der Waals surface area contributed by atoms with Crippen LogP contribution in [0.1, 0.15) is 28.1 Å². The molecular formula is C22H21N5O4. The van der Waals surface area contributed by atoms with Crippen LogP contribution in [-0.4, -0.2) is 33.4 Å². The number of ketones is 1. The molecule has 9 heteroatoms. The van der Waals surface area contributed by atoms with Crippen LogP contribution in [-0.2, 0) is 16.0 Å². The van der Waals surface area contributed by atoms with E-state index in [4.69, 9.17) is 10.5 Å². The number of nitrogens with one attached hydrogen (secondary N) is 2. The monoisotopic (exact) mass is 419 g/mol. The van der Waals surface area contributed by atoms with Crippen LogP contribution in [0.3, 0.4) is 0 Å². The number of fused-ring (bicyclic) bond motifs is 1. The van der Waals surface area contributed by atoms with Crippen LogP contribution in [0.15, 0.2) is 60.7 Å². The summed E-state index contributed by atoms with van der Waals surface area (Å²) in [5.74, 6) is -1.88. The van der Waals surface area contributed by atoms with E-state index < -0.39 is 30.0 Å². The lowest BCUT2D eigenvalue weighted by atomic mass is 10.0. The van der Waals surface area contributed by atoms with Crippen molar-refractivity contribution in [1.82, 2.24) is 15.1 Å². The molecule has 0 bridgehead atoms. The van der Waals surface area contributed by atoms with Crippen LogP contribution in [0.5, 0.6) is 5.75 Å². The number of ether oxygens (including phenoxy) is 1. The number of aryl methyl sites for hydroxylation is 1. The summed E-state index contributed by atoms with van der Waals surface area (Å²) in [7, 11) is 0. The molecule has 0 spiro atoms. The fourth-order valence-electron chi connectivity index (χ4n) is 3.38. The van der Waals surface area contributed by atoms with Crippen molar-refractivity contribution in [3.05, 3.63) is 77.6 Å². The third kappa shape index (κ3) is 4.25. The van der Waals surface area contributed by atoms with E-state index in [2.05, 4.69) is 15.7 Å². The maximum atomic E-state index is 12.8. The number of rotatable bonds is 7. The third-order valence-corrected chi connectivity index (χ3v) is 4.93. The first-order chi connectivity index (χ1) is 14.9. The Labute approximate surface area is 178 Å². The number of primary amides is 1. The lowest BCUT2D eigenvalue weighted by Crippen LogP contribution is -2.47. The van der Waals surface area contributed by atoms with E-state index in [-0.39, 0.29) is 12.1 Å². The SMILES string of the molecule is Cc1cc(C(=O)NC(Cc2ccccc2)C(=O)C(N)=O)nn1C1Nc2ccccc2O1. The number of para-hydroxylation sites is 2. The summed E-state index contributed by atoms with van der Waals surface area (Å²) in [6, 6.07) is 17.0. The zero-order valence-electron chi connectivity index (χ0n) is 16.7. The van der Waals surface area contributed by atoms with Crippen LogP contribution >= 0.6 is 0 Å². The Morgan fingerprint density at radius 1 is 1.16 bits per heavy atom. The Hall–Kier alpha value is -4.14. The fraction of sp³-hybridized carbons (Fsp3) is 0.182. The van der Waals surface area contributed by atoms with E-state index in [1.807, 2.05) is 30.3 Å². The number of anilines is 1. The molecule has 158 valence electrons. The summed E-state index contributed by atoms with van der Waals surface area (Å²) in [6.45, 7) is 1.79. The molecule has 4 N–H and O–H groups in total. The lowest BCUT2D eigenvalue weighted by Gasteiger charge is -2.16. The van der Waals surface area contributed by atoms with Gasteiger partial charge in [-0.2, -0.15) is 5.10 Å². The Morgan fingerprint density at radius 2 is 1.87 bits per heavy atom. The second-order valence-electron chi connectivity index (χ2n) is 7.17. The van der Waals surface area contributed by atoms with Gasteiger partial charge in [0, 0.05) is 12.1 Å². The van der Waals surface area contributed by atoms with Gasteiger partial charge in [-0.3, -0.25) is 14.4 Å². The summed E-state index contributed by atoms with van der Waals surface area (Å²) >= 11 is 0. The molecule has 1 aliphatic heterocycles. The number of nitrogens with two attached hydrogens (primary N) is 1. The Bertz CT molecular complexity index is 1120. The number of amides is 2. The normalized spacial score (nSPS) is 15.3. The molecule has 0 aliphatic carbocycles. The second-order valence-corrected chi connectivity index (χ2v) is 7.17. The molecular weight excluding hydrogens is 398 g/mol. The summed E-state index contributed by atoms with van der Waals surface area (Å²) in [4.78, 5) is 36.6. The highest BCUT2D eigenvalue weighted by atomic mass is 16.5. The van der Waals surface area contributed by atoms with Gasteiger partial charge in [-0.1, -0.05) is 42.5 Å². The van der Waals surface area contributed by atoms with Crippen molar-refractivity contribution in [3.63, 3.8) is 0 Å². The summed E-state index contributed by atoms with van der Waals surface area (Å²) in [5, 5.41) is 10.1. The highest BCUT2D eigenvalue weighted by Crippen LogP contribution is 2.35. The van der Waals surface area contributed by atoms with Gasteiger partial charge in [-0.25, -0.2) is 4.68 Å². The average Bonchev–Trinajstić information content (AvgIpc) is 3.36. The lowest BCUT2D eigenvalue weighted by molar-refractivity contribution is -0.137. The molecule has 9 nitrogen and oxygen atoms in total. The minimum Gasteiger partial charge on any atom is -0.448 e. The first-order valence-corrected chi connectivity index (χ1v) is 9.69. The molecule has 2 amide bonds. The van der Waals surface area contributed by atoms with Crippen molar-refractivity contribution in [2.75, 3.05) is 5.32 Å². The van der Waals surface area contributed by atoms with Gasteiger partial charge < -0.3 is 21.1 Å². The molecule has 2 heterocycles. The van der Waals surface area contributed by atoms with Crippen molar-refractivity contribution in [1.29, 1.82) is 0 Å². The number of aromatic nitrogens is 2. The average molecular weight is 419 g/mol. The zero-order chi connectivity index (χ0) is 22.0. The summed E-state index contributed by atoms with van der Waals surface area (Å²) in [5.41, 5.74) is 7.55. The standard InChI is InChI=1S/C22H21N5O4/c1-13-11-17(26-27(13)22-25-15-9-5-6-10-18(15)31-22)21(30)24-16(19(28)20(23)29)12-14-7-3-2-4-8-14/h2-11,16,22,25H,12H2,1H3,(H2,23,29)(H,24,30). The minimum atomic E-state index is -1.11. The van der Waals surface area contributed by atoms with Gasteiger partial charge in [0.2, 0.25) is 5.78 Å². The Kier molecular flexibility index (Phi) is 5.40. The first kappa shape index (κ1) is 20.1. The molecule has 0 saturated carbocycles. The van der Waals surface area contributed by atoms with E-state index in [0.29, 0.717) is 11.4 Å². The second kappa shape index (κ2) is 8.31. The number of Topliss-reactive ketones (excluding diaryl/α,β-unsaturated/α-hetero) is 1. The van der Waals surface area contributed by atoms with Gasteiger partial charge in [-0.05, 0) is 30.7 Å².